The maximum Gasteiger partial charge on any atom is 0.138 e. The minimum Gasteiger partial charge on any atom is -0.492 e. The van der Waals surface area contributed by atoms with E-state index in [0.29, 0.717) is 23.9 Å². The van der Waals surface area contributed by atoms with Gasteiger partial charge in [0.15, 0.2) is 0 Å². The van der Waals surface area contributed by atoms with E-state index in [1.807, 2.05) is 49.4 Å². The lowest BCUT2D eigenvalue weighted by Gasteiger charge is -2.10. The van der Waals surface area contributed by atoms with E-state index in [1.165, 1.54) is 0 Å². The summed E-state index contributed by atoms with van der Waals surface area (Å²) in [7, 11) is 0. The van der Waals surface area contributed by atoms with Crippen molar-refractivity contribution in [3.05, 3.63) is 58.1 Å². The fourth-order valence-electron chi connectivity index (χ4n) is 1.72. The van der Waals surface area contributed by atoms with Crippen molar-refractivity contribution in [1.82, 2.24) is 0 Å². The topological polar surface area (TPSA) is 21.3 Å². The Bertz CT molecular complexity index is 558. The van der Waals surface area contributed by atoms with Gasteiger partial charge in [-0.1, -0.05) is 41.4 Å². The summed E-state index contributed by atoms with van der Waals surface area (Å²) in [5.41, 5.74) is 1.99. The number of hydrogen-bond donors (Lipinski definition) is 1. The van der Waals surface area contributed by atoms with Crippen LogP contribution in [0.5, 0.6) is 5.75 Å². The van der Waals surface area contributed by atoms with Crippen LogP contribution in [0.25, 0.3) is 0 Å². The van der Waals surface area contributed by atoms with Gasteiger partial charge in [-0.3, -0.25) is 0 Å². The summed E-state index contributed by atoms with van der Waals surface area (Å²) < 4.78 is 5.39. The third-order valence-electron chi connectivity index (χ3n) is 2.67. The Balaban J connectivity index is 2.04. The molecular weight excluding hydrogens is 281 g/mol. The highest BCUT2D eigenvalue weighted by molar-refractivity contribution is 6.32. The van der Waals surface area contributed by atoms with Crippen LogP contribution in [0.4, 0.5) is 5.69 Å². The lowest BCUT2D eigenvalue weighted by molar-refractivity contribution is 0.340. The third kappa shape index (κ3) is 3.79. The van der Waals surface area contributed by atoms with Crippen LogP contribution in [0.15, 0.2) is 42.5 Å². The number of benzene rings is 2. The van der Waals surface area contributed by atoms with E-state index >= 15 is 0 Å². The summed E-state index contributed by atoms with van der Waals surface area (Å²) in [4.78, 5) is 0. The van der Waals surface area contributed by atoms with Crippen molar-refractivity contribution in [3.63, 3.8) is 0 Å². The Morgan fingerprint density at radius 1 is 1.05 bits per heavy atom. The number of nitrogens with one attached hydrogen (secondary N) is 1. The first-order valence-corrected chi connectivity index (χ1v) is 6.86. The molecule has 0 aliphatic heterocycles. The molecule has 0 bridgehead atoms. The number of rotatable bonds is 5. The number of hydrogen-bond acceptors (Lipinski definition) is 2. The summed E-state index contributed by atoms with van der Waals surface area (Å²) in [5, 5.41) is 4.65. The van der Waals surface area contributed by atoms with Gasteiger partial charge < -0.3 is 10.1 Å². The summed E-state index contributed by atoms with van der Waals surface area (Å²) >= 11 is 12.2. The van der Waals surface area contributed by atoms with E-state index in [1.54, 1.807) is 0 Å². The van der Waals surface area contributed by atoms with Crippen molar-refractivity contribution in [3.8, 4) is 5.75 Å². The molecule has 100 valence electrons. The normalized spacial score (nSPS) is 10.3. The van der Waals surface area contributed by atoms with Crippen molar-refractivity contribution in [2.24, 2.45) is 0 Å². The zero-order chi connectivity index (χ0) is 13.7. The maximum atomic E-state index is 6.13. The lowest BCUT2D eigenvalue weighted by atomic mass is 10.2. The second-order valence-electron chi connectivity index (χ2n) is 4.02. The molecule has 0 saturated heterocycles. The molecule has 0 fully saturated rings. The number of ether oxygens (including phenoxy) is 1. The van der Waals surface area contributed by atoms with Crippen LogP contribution in [0, 0.1) is 0 Å². The molecule has 0 spiro atoms. The Morgan fingerprint density at radius 3 is 2.53 bits per heavy atom. The summed E-state index contributed by atoms with van der Waals surface area (Å²) in [6.45, 7) is 3.19. The number of anilines is 1. The Labute approximate surface area is 123 Å². The first-order chi connectivity index (χ1) is 9.20. The van der Waals surface area contributed by atoms with Crippen molar-refractivity contribution in [1.29, 1.82) is 0 Å². The predicted molar refractivity (Wildman–Crippen MR) is 81.4 cm³/mol. The Morgan fingerprint density at radius 2 is 1.84 bits per heavy atom. The predicted octanol–water partition coefficient (Wildman–Crippen LogP) is 5.00. The summed E-state index contributed by atoms with van der Waals surface area (Å²) in [6, 6.07) is 13.4. The highest BCUT2D eigenvalue weighted by Gasteiger charge is 2.03. The molecule has 0 heterocycles. The third-order valence-corrected chi connectivity index (χ3v) is 3.34. The smallest absolute Gasteiger partial charge is 0.138 e. The Kier molecular flexibility index (Phi) is 4.94. The molecule has 2 rings (SSSR count). The van der Waals surface area contributed by atoms with Crippen LogP contribution in [-0.4, -0.2) is 6.61 Å². The van der Waals surface area contributed by atoms with Gasteiger partial charge in [-0.2, -0.15) is 0 Å². The van der Waals surface area contributed by atoms with Gasteiger partial charge in [0.05, 0.1) is 11.6 Å². The highest BCUT2D eigenvalue weighted by Crippen LogP contribution is 2.28. The van der Waals surface area contributed by atoms with Crippen LogP contribution in [0.1, 0.15) is 12.5 Å². The largest absolute Gasteiger partial charge is 0.492 e. The first-order valence-electron chi connectivity index (χ1n) is 6.10. The van der Waals surface area contributed by atoms with Gasteiger partial charge in [0, 0.05) is 17.3 Å². The molecule has 2 aromatic carbocycles. The van der Waals surface area contributed by atoms with Gasteiger partial charge in [0.1, 0.15) is 5.75 Å². The minimum atomic E-state index is 0.603. The molecule has 0 aliphatic rings. The van der Waals surface area contributed by atoms with Crippen LogP contribution in [0.2, 0.25) is 10.0 Å². The van der Waals surface area contributed by atoms with E-state index in [0.717, 1.165) is 16.3 Å². The van der Waals surface area contributed by atoms with Gasteiger partial charge in [0.25, 0.3) is 0 Å². The monoisotopic (exact) mass is 295 g/mol. The fourth-order valence-corrected chi connectivity index (χ4v) is 2.16. The van der Waals surface area contributed by atoms with E-state index in [9.17, 15) is 0 Å². The molecule has 0 amide bonds. The van der Waals surface area contributed by atoms with E-state index in [-0.39, 0.29) is 0 Å². The molecular formula is C15H15Cl2NO. The standard InChI is InChI=1S/C15H15Cl2NO/c1-2-19-15-8-7-12(9-14(15)17)18-10-11-5-3-4-6-13(11)16/h3-9,18H,2,10H2,1H3. The van der Waals surface area contributed by atoms with Crippen molar-refractivity contribution >= 4 is 28.9 Å². The van der Waals surface area contributed by atoms with Gasteiger partial charge in [0.2, 0.25) is 0 Å². The molecule has 2 nitrogen and oxygen atoms in total. The maximum absolute atomic E-state index is 6.13. The molecule has 19 heavy (non-hydrogen) atoms. The summed E-state index contributed by atoms with van der Waals surface area (Å²) in [5.74, 6) is 0.701. The molecule has 0 saturated carbocycles. The highest BCUT2D eigenvalue weighted by atomic mass is 35.5. The van der Waals surface area contributed by atoms with Gasteiger partial charge in [-0.25, -0.2) is 0 Å². The second-order valence-corrected chi connectivity index (χ2v) is 4.84. The van der Waals surface area contributed by atoms with Crippen LogP contribution < -0.4 is 10.1 Å². The van der Waals surface area contributed by atoms with Gasteiger partial charge >= 0.3 is 0 Å². The van der Waals surface area contributed by atoms with Crippen molar-refractivity contribution < 1.29 is 4.74 Å². The van der Waals surface area contributed by atoms with Crippen molar-refractivity contribution in [2.45, 2.75) is 13.5 Å². The molecule has 0 aromatic heterocycles. The zero-order valence-electron chi connectivity index (χ0n) is 10.6. The molecule has 1 N–H and O–H groups in total. The minimum absolute atomic E-state index is 0.603. The second kappa shape index (κ2) is 6.69. The van der Waals surface area contributed by atoms with Gasteiger partial charge in [-0.05, 0) is 36.8 Å². The SMILES string of the molecule is CCOc1ccc(NCc2ccccc2Cl)cc1Cl. The lowest BCUT2D eigenvalue weighted by Crippen LogP contribution is -2.00. The fraction of sp³-hybridized carbons (Fsp3) is 0.200. The van der Waals surface area contributed by atoms with Crippen LogP contribution in [-0.2, 0) is 6.54 Å². The molecule has 0 unspecified atom stereocenters. The molecule has 4 heteroatoms. The van der Waals surface area contributed by atoms with Gasteiger partial charge in [-0.15, -0.1) is 0 Å². The summed E-state index contributed by atoms with van der Waals surface area (Å²) in [6.07, 6.45) is 0. The van der Waals surface area contributed by atoms with E-state index in [2.05, 4.69) is 5.32 Å². The van der Waals surface area contributed by atoms with E-state index < -0.39 is 0 Å². The number of halogens is 2. The van der Waals surface area contributed by atoms with Crippen LogP contribution >= 0.6 is 23.2 Å². The Hall–Kier alpha value is -1.38. The quantitative estimate of drug-likeness (QED) is 0.838. The average Bonchev–Trinajstić information content (AvgIpc) is 2.41. The first kappa shape index (κ1) is 14.0. The molecule has 0 atom stereocenters. The van der Waals surface area contributed by atoms with Crippen LogP contribution in [0.3, 0.4) is 0 Å². The molecule has 0 radical (unpaired) electrons. The zero-order valence-corrected chi connectivity index (χ0v) is 12.1. The van der Waals surface area contributed by atoms with Crippen molar-refractivity contribution in [2.75, 3.05) is 11.9 Å². The molecule has 2 aromatic rings. The average molecular weight is 296 g/mol. The molecule has 0 aliphatic carbocycles. The van der Waals surface area contributed by atoms with E-state index in [4.69, 9.17) is 27.9 Å².